The van der Waals surface area contributed by atoms with Crippen LogP contribution in [0.1, 0.15) is 18.4 Å². The van der Waals surface area contributed by atoms with E-state index in [2.05, 4.69) is 4.90 Å². The van der Waals surface area contributed by atoms with E-state index in [1.807, 2.05) is 36.4 Å². The molecule has 0 spiro atoms. The molecule has 29 heavy (non-hydrogen) atoms. The number of carbonyl (C=O) groups is 2. The molecule has 0 atom stereocenters. The van der Waals surface area contributed by atoms with Gasteiger partial charge in [0.15, 0.2) is 6.61 Å². The number of carbonyl (C=O) groups excluding carboxylic acids is 2. The van der Waals surface area contributed by atoms with Crippen LogP contribution in [0.25, 0.3) is 0 Å². The molecular weight excluding hydrogens is 411 g/mol. The number of hydrogen-bond acceptors (Lipinski definition) is 4. The Morgan fingerprint density at radius 1 is 0.931 bits per heavy atom. The van der Waals surface area contributed by atoms with Crippen LogP contribution in [-0.4, -0.2) is 49.6 Å². The maximum absolute atomic E-state index is 12.6. The SMILES string of the molecule is O=C(COC(=O)C1(c2ccc(Cl)cc2)CC1)N1CCN(c2cccc(Cl)c2)CC1. The van der Waals surface area contributed by atoms with Gasteiger partial charge in [-0.15, -0.1) is 0 Å². The number of anilines is 1. The average molecular weight is 433 g/mol. The number of rotatable bonds is 5. The van der Waals surface area contributed by atoms with E-state index in [1.54, 1.807) is 17.0 Å². The zero-order valence-corrected chi connectivity index (χ0v) is 17.5. The van der Waals surface area contributed by atoms with Gasteiger partial charge in [0.25, 0.3) is 5.91 Å². The summed E-state index contributed by atoms with van der Waals surface area (Å²) in [6.45, 7) is 2.39. The Morgan fingerprint density at radius 3 is 2.24 bits per heavy atom. The van der Waals surface area contributed by atoms with Crippen LogP contribution in [-0.2, 0) is 19.7 Å². The second-order valence-electron chi connectivity index (χ2n) is 7.51. The molecule has 1 saturated carbocycles. The first-order chi connectivity index (χ1) is 14.0. The first kappa shape index (κ1) is 20.0. The molecule has 1 saturated heterocycles. The number of halogens is 2. The fourth-order valence-corrected chi connectivity index (χ4v) is 4.06. The van der Waals surface area contributed by atoms with E-state index >= 15 is 0 Å². The van der Waals surface area contributed by atoms with Gasteiger partial charge in [0.2, 0.25) is 0 Å². The highest BCUT2D eigenvalue weighted by Gasteiger charge is 2.53. The van der Waals surface area contributed by atoms with Crippen molar-refractivity contribution in [2.45, 2.75) is 18.3 Å². The van der Waals surface area contributed by atoms with Crippen LogP contribution >= 0.6 is 23.2 Å². The number of ether oxygens (including phenoxy) is 1. The minimum atomic E-state index is -0.615. The molecule has 2 aromatic rings. The molecule has 2 aliphatic rings. The first-order valence-corrected chi connectivity index (χ1v) is 10.5. The Labute approximate surface area is 180 Å². The fourth-order valence-electron chi connectivity index (χ4n) is 3.75. The molecule has 1 aliphatic carbocycles. The topological polar surface area (TPSA) is 49.9 Å². The lowest BCUT2D eigenvalue weighted by Gasteiger charge is -2.36. The van der Waals surface area contributed by atoms with Crippen LogP contribution in [0, 0.1) is 0 Å². The molecule has 0 unspecified atom stereocenters. The van der Waals surface area contributed by atoms with E-state index in [1.165, 1.54) is 0 Å². The molecule has 1 aliphatic heterocycles. The average Bonchev–Trinajstić information content (AvgIpc) is 3.54. The zero-order chi connectivity index (χ0) is 20.4. The van der Waals surface area contributed by atoms with Gasteiger partial charge in [-0.05, 0) is 48.7 Å². The minimum Gasteiger partial charge on any atom is -0.455 e. The van der Waals surface area contributed by atoms with Gasteiger partial charge in [-0.3, -0.25) is 9.59 Å². The van der Waals surface area contributed by atoms with Crippen LogP contribution in [0.4, 0.5) is 5.69 Å². The Kier molecular flexibility index (Phi) is 5.70. The van der Waals surface area contributed by atoms with Gasteiger partial charge in [0.1, 0.15) is 0 Å². The maximum Gasteiger partial charge on any atom is 0.317 e. The van der Waals surface area contributed by atoms with Crippen LogP contribution in [0.5, 0.6) is 0 Å². The Morgan fingerprint density at radius 2 is 1.62 bits per heavy atom. The number of piperazine rings is 1. The summed E-state index contributed by atoms with van der Waals surface area (Å²) >= 11 is 12.0. The quantitative estimate of drug-likeness (QED) is 0.671. The van der Waals surface area contributed by atoms with Crippen molar-refractivity contribution in [1.82, 2.24) is 4.90 Å². The summed E-state index contributed by atoms with van der Waals surface area (Å²) < 4.78 is 5.40. The number of amides is 1. The van der Waals surface area contributed by atoms with Crippen LogP contribution in [0.2, 0.25) is 10.0 Å². The summed E-state index contributed by atoms with van der Waals surface area (Å²) in [6.07, 6.45) is 1.47. The Hall–Kier alpha value is -2.24. The van der Waals surface area contributed by atoms with Crippen molar-refractivity contribution >= 4 is 40.8 Å². The standard InChI is InChI=1S/C22H22Cl2N2O3/c23-17-6-4-16(5-7-17)22(8-9-22)21(28)29-15-20(27)26-12-10-25(11-13-26)19-3-1-2-18(24)14-19/h1-7,14H,8-13,15H2. The molecule has 5 nitrogen and oxygen atoms in total. The summed E-state index contributed by atoms with van der Waals surface area (Å²) in [5.74, 6) is -0.485. The molecule has 7 heteroatoms. The molecule has 4 rings (SSSR count). The predicted molar refractivity (Wildman–Crippen MR) is 114 cm³/mol. The molecule has 1 amide bonds. The molecule has 0 radical (unpaired) electrons. The molecule has 0 N–H and O–H groups in total. The maximum atomic E-state index is 12.6. The van der Waals surface area contributed by atoms with E-state index in [0.29, 0.717) is 23.1 Å². The number of esters is 1. The first-order valence-electron chi connectivity index (χ1n) is 9.69. The van der Waals surface area contributed by atoms with E-state index in [9.17, 15) is 9.59 Å². The van der Waals surface area contributed by atoms with Crippen molar-refractivity contribution in [3.05, 3.63) is 64.1 Å². The van der Waals surface area contributed by atoms with Gasteiger partial charge in [-0.1, -0.05) is 41.4 Å². The molecule has 0 aromatic heterocycles. The molecule has 2 aromatic carbocycles. The molecule has 2 fully saturated rings. The lowest BCUT2D eigenvalue weighted by molar-refractivity contribution is -0.154. The van der Waals surface area contributed by atoms with Gasteiger partial charge >= 0.3 is 5.97 Å². The highest BCUT2D eigenvalue weighted by atomic mass is 35.5. The van der Waals surface area contributed by atoms with Gasteiger partial charge in [-0.25, -0.2) is 0 Å². The highest BCUT2D eigenvalue weighted by molar-refractivity contribution is 6.31. The largest absolute Gasteiger partial charge is 0.455 e. The fraction of sp³-hybridized carbons (Fsp3) is 0.364. The second-order valence-corrected chi connectivity index (χ2v) is 8.39. The zero-order valence-electron chi connectivity index (χ0n) is 15.9. The smallest absolute Gasteiger partial charge is 0.317 e. The number of nitrogens with zero attached hydrogens (tertiary/aromatic N) is 2. The van der Waals surface area contributed by atoms with Crippen molar-refractivity contribution < 1.29 is 14.3 Å². The predicted octanol–water partition coefficient (Wildman–Crippen LogP) is 3.92. The summed E-state index contributed by atoms with van der Waals surface area (Å²) in [4.78, 5) is 29.1. The van der Waals surface area contributed by atoms with Gasteiger partial charge in [0.05, 0.1) is 5.41 Å². The number of hydrogen-bond donors (Lipinski definition) is 0. The van der Waals surface area contributed by atoms with Crippen molar-refractivity contribution in [1.29, 1.82) is 0 Å². The van der Waals surface area contributed by atoms with Gasteiger partial charge < -0.3 is 14.5 Å². The lowest BCUT2D eigenvalue weighted by Crippen LogP contribution is -2.50. The van der Waals surface area contributed by atoms with Crippen molar-refractivity contribution in [3.63, 3.8) is 0 Å². The Balaban J connectivity index is 1.28. The van der Waals surface area contributed by atoms with Crippen LogP contribution in [0.15, 0.2) is 48.5 Å². The second kappa shape index (κ2) is 8.25. The van der Waals surface area contributed by atoms with Crippen molar-refractivity contribution in [2.75, 3.05) is 37.7 Å². The van der Waals surface area contributed by atoms with E-state index in [-0.39, 0.29) is 18.5 Å². The van der Waals surface area contributed by atoms with Crippen LogP contribution in [0.3, 0.4) is 0 Å². The molecule has 152 valence electrons. The van der Waals surface area contributed by atoms with E-state index in [4.69, 9.17) is 27.9 Å². The highest BCUT2D eigenvalue weighted by Crippen LogP contribution is 2.49. The third-order valence-corrected chi connectivity index (χ3v) is 6.16. The summed E-state index contributed by atoms with van der Waals surface area (Å²) in [5.41, 5.74) is 1.33. The summed E-state index contributed by atoms with van der Waals surface area (Å²) in [5, 5.41) is 1.33. The number of benzene rings is 2. The van der Waals surface area contributed by atoms with E-state index in [0.717, 1.165) is 37.2 Å². The monoisotopic (exact) mass is 432 g/mol. The van der Waals surface area contributed by atoms with Crippen molar-refractivity contribution in [3.8, 4) is 0 Å². The van der Waals surface area contributed by atoms with Crippen molar-refractivity contribution in [2.24, 2.45) is 0 Å². The van der Waals surface area contributed by atoms with E-state index < -0.39 is 5.41 Å². The normalized spacial score (nSPS) is 17.7. The third kappa shape index (κ3) is 4.36. The lowest BCUT2D eigenvalue weighted by atomic mass is 9.96. The molecule has 0 bridgehead atoms. The van der Waals surface area contributed by atoms with Gasteiger partial charge in [0, 0.05) is 41.9 Å². The molecule has 1 heterocycles. The molecular formula is C22H22Cl2N2O3. The van der Waals surface area contributed by atoms with Crippen LogP contribution < -0.4 is 4.90 Å². The minimum absolute atomic E-state index is 0.156. The van der Waals surface area contributed by atoms with Gasteiger partial charge in [-0.2, -0.15) is 0 Å². The summed E-state index contributed by atoms with van der Waals surface area (Å²) in [6, 6.07) is 15.0. The Bertz CT molecular complexity index is 905. The third-order valence-electron chi connectivity index (χ3n) is 5.67. The summed E-state index contributed by atoms with van der Waals surface area (Å²) in [7, 11) is 0.